The van der Waals surface area contributed by atoms with Crippen molar-refractivity contribution in [1.29, 1.82) is 0 Å². The zero-order valence-corrected chi connectivity index (χ0v) is 21.7. The number of pyridine rings is 1. The standard InChI is InChI=1S/C27H33N3O7/c1-6-35-23(32)19-18-17(29-22(31)21-16-11-9-8-10-15(16)12-13-28-21)14-27(20(18)19,24(33)36-7-2)30-25(34)37-26(3,4)5/h8-13,17-20H,6-7,14H2,1-5H3,(H,29,31)(H,30,34). The first-order chi connectivity index (χ1) is 17.5. The summed E-state index contributed by atoms with van der Waals surface area (Å²) in [5, 5.41) is 7.22. The van der Waals surface area contributed by atoms with Crippen molar-refractivity contribution in [2.45, 2.75) is 58.2 Å². The number of hydrogen-bond acceptors (Lipinski definition) is 8. The molecule has 2 saturated carbocycles. The van der Waals surface area contributed by atoms with Gasteiger partial charge in [-0.25, -0.2) is 9.59 Å². The number of fused-ring (bicyclic) bond motifs is 2. The van der Waals surface area contributed by atoms with E-state index in [0.29, 0.717) is 5.39 Å². The Morgan fingerprint density at radius 2 is 1.76 bits per heavy atom. The molecule has 0 aliphatic heterocycles. The van der Waals surface area contributed by atoms with Crippen LogP contribution in [-0.4, -0.2) is 59.3 Å². The summed E-state index contributed by atoms with van der Waals surface area (Å²) >= 11 is 0. The molecule has 0 radical (unpaired) electrons. The lowest BCUT2D eigenvalue weighted by Crippen LogP contribution is -2.59. The second-order valence-corrected chi connectivity index (χ2v) is 10.4. The van der Waals surface area contributed by atoms with Crippen molar-refractivity contribution in [2.24, 2.45) is 17.8 Å². The Morgan fingerprint density at radius 1 is 1.05 bits per heavy atom. The number of amides is 2. The molecule has 2 aliphatic rings. The Kier molecular flexibility index (Phi) is 7.12. The molecule has 2 aromatic rings. The first-order valence-corrected chi connectivity index (χ1v) is 12.5. The van der Waals surface area contributed by atoms with Gasteiger partial charge in [0.1, 0.15) is 16.8 Å². The van der Waals surface area contributed by atoms with Crippen LogP contribution in [-0.2, 0) is 23.8 Å². The summed E-state index contributed by atoms with van der Waals surface area (Å²) in [6.45, 7) is 8.72. The van der Waals surface area contributed by atoms with Gasteiger partial charge in [-0.2, -0.15) is 0 Å². The summed E-state index contributed by atoms with van der Waals surface area (Å²) in [4.78, 5) is 56.7. The fraction of sp³-hybridized carbons (Fsp3) is 0.519. The summed E-state index contributed by atoms with van der Waals surface area (Å²) in [7, 11) is 0. The molecule has 10 heteroatoms. The molecule has 2 fully saturated rings. The van der Waals surface area contributed by atoms with Crippen LogP contribution in [0.2, 0.25) is 0 Å². The van der Waals surface area contributed by atoms with Crippen molar-refractivity contribution in [3.8, 4) is 0 Å². The van der Waals surface area contributed by atoms with Crippen molar-refractivity contribution in [3.05, 3.63) is 42.2 Å². The number of ether oxygens (including phenoxy) is 3. The second-order valence-electron chi connectivity index (χ2n) is 10.4. The first-order valence-electron chi connectivity index (χ1n) is 12.5. The third-order valence-electron chi connectivity index (χ3n) is 6.78. The van der Waals surface area contributed by atoms with Gasteiger partial charge in [0.25, 0.3) is 5.91 Å². The molecule has 2 aliphatic carbocycles. The minimum atomic E-state index is -1.56. The number of nitrogens with zero attached hydrogens (tertiary/aromatic N) is 1. The summed E-state index contributed by atoms with van der Waals surface area (Å²) < 4.78 is 16.0. The molecule has 1 aromatic carbocycles. The SMILES string of the molecule is CCOC(=O)C1C2C(NC(=O)c3nccc4ccccc34)CC(NC(=O)OC(C)(C)C)(C(=O)OCC)C12. The monoisotopic (exact) mass is 511 g/mol. The third-order valence-corrected chi connectivity index (χ3v) is 6.78. The lowest BCUT2D eigenvalue weighted by atomic mass is 9.88. The predicted molar refractivity (Wildman–Crippen MR) is 133 cm³/mol. The Morgan fingerprint density at radius 3 is 2.43 bits per heavy atom. The maximum absolute atomic E-state index is 13.4. The van der Waals surface area contributed by atoms with Gasteiger partial charge < -0.3 is 24.8 Å². The summed E-state index contributed by atoms with van der Waals surface area (Å²) in [6, 6.07) is 8.57. The summed E-state index contributed by atoms with van der Waals surface area (Å²) in [6.07, 6.45) is 0.782. The van der Waals surface area contributed by atoms with E-state index in [1.54, 1.807) is 46.9 Å². The molecule has 37 heavy (non-hydrogen) atoms. The number of aromatic nitrogens is 1. The number of carbonyl (C=O) groups excluding carboxylic acids is 4. The number of hydrogen-bond donors (Lipinski definition) is 2. The van der Waals surface area contributed by atoms with Crippen LogP contribution in [0.3, 0.4) is 0 Å². The number of rotatable bonds is 7. The third kappa shape index (κ3) is 5.10. The first kappa shape index (κ1) is 26.4. The van der Waals surface area contributed by atoms with Crippen molar-refractivity contribution >= 4 is 34.7 Å². The maximum atomic E-state index is 13.4. The van der Waals surface area contributed by atoms with Gasteiger partial charge in [0.15, 0.2) is 0 Å². The largest absolute Gasteiger partial charge is 0.466 e. The van der Waals surface area contributed by atoms with E-state index < -0.39 is 58.9 Å². The molecule has 0 spiro atoms. The van der Waals surface area contributed by atoms with Gasteiger partial charge in [0.05, 0.1) is 19.1 Å². The second kappa shape index (κ2) is 9.99. The van der Waals surface area contributed by atoms with Crippen molar-refractivity contribution < 1.29 is 33.4 Å². The maximum Gasteiger partial charge on any atom is 0.408 e. The molecule has 10 nitrogen and oxygen atoms in total. The van der Waals surface area contributed by atoms with E-state index in [-0.39, 0.29) is 25.3 Å². The molecule has 0 bridgehead atoms. The van der Waals surface area contributed by atoms with Crippen LogP contribution < -0.4 is 10.6 Å². The summed E-state index contributed by atoms with van der Waals surface area (Å²) in [5.41, 5.74) is -2.14. The van der Waals surface area contributed by atoms with Crippen LogP contribution in [0.5, 0.6) is 0 Å². The molecule has 1 heterocycles. The van der Waals surface area contributed by atoms with Gasteiger partial charge in [-0.15, -0.1) is 0 Å². The highest BCUT2D eigenvalue weighted by Crippen LogP contribution is 2.63. The van der Waals surface area contributed by atoms with Crippen LogP contribution in [0.1, 0.15) is 51.5 Å². The molecule has 5 atom stereocenters. The topological polar surface area (TPSA) is 133 Å². The number of benzene rings is 1. The Hall–Kier alpha value is -3.69. The average Bonchev–Trinajstić information content (AvgIpc) is 3.51. The number of nitrogens with one attached hydrogen (secondary N) is 2. The summed E-state index contributed by atoms with van der Waals surface area (Å²) in [5.74, 6) is -3.35. The fourth-order valence-corrected chi connectivity index (χ4v) is 5.47. The minimum absolute atomic E-state index is 0.0345. The highest BCUT2D eigenvalue weighted by Gasteiger charge is 2.76. The molecular weight excluding hydrogens is 478 g/mol. The van der Waals surface area contributed by atoms with Crippen LogP contribution in [0, 0.1) is 17.8 Å². The van der Waals surface area contributed by atoms with E-state index in [0.717, 1.165) is 5.39 Å². The van der Waals surface area contributed by atoms with Gasteiger partial charge in [-0.1, -0.05) is 24.3 Å². The van der Waals surface area contributed by atoms with Gasteiger partial charge in [0.2, 0.25) is 0 Å². The predicted octanol–water partition coefficient (Wildman–Crippen LogP) is 2.99. The van der Waals surface area contributed by atoms with Gasteiger partial charge in [-0.3, -0.25) is 14.6 Å². The zero-order valence-electron chi connectivity index (χ0n) is 21.7. The van der Waals surface area contributed by atoms with E-state index in [9.17, 15) is 19.2 Å². The van der Waals surface area contributed by atoms with E-state index in [4.69, 9.17) is 14.2 Å². The molecule has 5 unspecified atom stereocenters. The fourth-order valence-electron chi connectivity index (χ4n) is 5.47. The van der Waals surface area contributed by atoms with E-state index in [1.807, 2.05) is 24.3 Å². The Labute approximate surface area is 215 Å². The lowest BCUT2D eigenvalue weighted by molar-refractivity contribution is -0.153. The Bertz CT molecular complexity index is 1220. The smallest absolute Gasteiger partial charge is 0.408 e. The van der Waals surface area contributed by atoms with Crippen LogP contribution in [0.4, 0.5) is 4.79 Å². The molecule has 2 N–H and O–H groups in total. The molecule has 1 aromatic heterocycles. The van der Waals surface area contributed by atoms with Crippen molar-refractivity contribution in [1.82, 2.24) is 15.6 Å². The quantitative estimate of drug-likeness (QED) is 0.428. The van der Waals surface area contributed by atoms with Gasteiger partial charge in [0, 0.05) is 30.0 Å². The van der Waals surface area contributed by atoms with E-state index in [1.165, 1.54) is 0 Å². The molecule has 198 valence electrons. The van der Waals surface area contributed by atoms with Gasteiger partial charge >= 0.3 is 18.0 Å². The number of esters is 2. The van der Waals surface area contributed by atoms with Crippen LogP contribution >= 0.6 is 0 Å². The highest BCUT2D eigenvalue weighted by atomic mass is 16.6. The molecular formula is C27H33N3O7. The van der Waals surface area contributed by atoms with Crippen molar-refractivity contribution in [3.63, 3.8) is 0 Å². The lowest BCUT2D eigenvalue weighted by Gasteiger charge is -2.33. The Balaban J connectivity index is 1.67. The minimum Gasteiger partial charge on any atom is -0.466 e. The molecule has 4 rings (SSSR count). The molecule has 0 saturated heterocycles. The number of carbonyl (C=O) groups is 4. The highest BCUT2D eigenvalue weighted by molar-refractivity contribution is 6.05. The van der Waals surface area contributed by atoms with E-state index in [2.05, 4.69) is 15.6 Å². The zero-order chi connectivity index (χ0) is 27.0. The van der Waals surface area contributed by atoms with Crippen LogP contribution in [0.15, 0.2) is 36.5 Å². The normalized spacial score (nSPS) is 26.1. The van der Waals surface area contributed by atoms with Crippen LogP contribution in [0.25, 0.3) is 10.8 Å². The average molecular weight is 512 g/mol. The van der Waals surface area contributed by atoms with Gasteiger partial charge in [-0.05, 0) is 52.0 Å². The number of alkyl carbamates (subject to hydrolysis) is 1. The van der Waals surface area contributed by atoms with Crippen molar-refractivity contribution in [2.75, 3.05) is 13.2 Å². The molecule has 2 amide bonds. The van der Waals surface area contributed by atoms with E-state index >= 15 is 0 Å².